The Kier molecular flexibility index (Phi) is 13.1. The Morgan fingerprint density at radius 3 is 1.31 bits per heavy atom. The summed E-state index contributed by atoms with van der Waals surface area (Å²) in [6.07, 6.45) is -2.16. The molecule has 0 saturated carbocycles. The Balaban J connectivity index is 1.37. The lowest BCUT2D eigenvalue weighted by molar-refractivity contribution is -0.385. The number of benzene rings is 4. The highest BCUT2D eigenvalue weighted by molar-refractivity contribution is 5.94. The molecule has 4 aromatic carbocycles. The van der Waals surface area contributed by atoms with Crippen LogP contribution in [0.4, 0.5) is 11.4 Å². The lowest BCUT2D eigenvalue weighted by Gasteiger charge is -2.32. The summed E-state index contributed by atoms with van der Waals surface area (Å²) in [5.74, 6) is -4.19. The largest absolute Gasteiger partial charge is 0.434 e. The van der Waals surface area contributed by atoms with Gasteiger partial charge in [0.25, 0.3) is 23.2 Å². The topological polar surface area (TPSA) is 249 Å². The van der Waals surface area contributed by atoms with E-state index in [9.17, 15) is 39.4 Å². The zero-order chi connectivity index (χ0) is 39.5. The minimum Gasteiger partial charge on any atom is -0.434 e. The number of hydrogen-bond acceptors (Lipinski definition) is 12. The third-order valence-corrected chi connectivity index (χ3v) is 8.34. The van der Waals surface area contributed by atoms with Crippen LogP contribution in [0.25, 0.3) is 0 Å². The van der Waals surface area contributed by atoms with Gasteiger partial charge in [0.1, 0.15) is 0 Å². The molecule has 0 aliphatic rings. The van der Waals surface area contributed by atoms with Crippen LogP contribution in [0, 0.1) is 20.2 Å². The Bertz CT molecular complexity index is 1900. The van der Waals surface area contributed by atoms with Crippen molar-refractivity contribution in [3.05, 3.63) is 164 Å². The number of carbonyl (C=O) groups is 4. The van der Waals surface area contributed by atoms with Crippen molar-refractivity contribution in [1.82, 2.24) is 10.6 Å². The third kappa shape index (κ3) is 10.9. The van der Waals surface area contributed by atoms with Crippen molar-refractivity contribution >= 4 is 35.1 Å². The molecule has 0 aliphatic carbocycles. The van der Waals surface area contributed by atoms with Gasteiger partial charge in [0.2, 0.25) is 12.5 Å². The molecule has 16 nitrogen and oxygen atoms in total. The molecule has 0 aliphatic heterocycles. The van der Waals surface area contributed by atoms with Crippen LogP contribution in [-0.4, -0.2) is 46.1 Å². The van der Waals surface area contributed by atoms with E-state index in [2.05, 4.69) is 10.6 Å². The van der Waals surface area contributed by atoms with Crippen molar-refractivity contribution < 1.29 is 38.5 Å². The number of non-ortho nitro benzene ring substituents is 2. The van der Waals surface area contributed by atoms with Crippen molar-refractivity contribution in [2.45, 2.75) is 50.2 Å². The number of hydrogen-bond donors (Lipinski definition) is 4. The maximum atomic E-state index is 13.1. The average Bonchev–Trinajstić information content (AvgIpc) is 3.14. The molecule has 54 heavy (non-hydrogen) atoms. The number of nitro benzene ring substituents is 2. The summed E-state index contributed by atoms with van der Waals surface area (Å²) in [5.41, 5.74) is 11.6. The number of nitrogens with one attached hydrogen (secondary N) is 2. The molecule has 0 heterocycles. The van der Waals surface area contributed by atoms with E-state index in [-0.39, 0.29) is 24.2 Å². The summed E-state index contributed by atoms with van der Waals surface area (Å²) < 4.78 is 9.96. The van der Waals surface area contributed by atoms with E-state index < -0.39 is 57.1 Å². The van der Waals surface area contributed by atoms with Gasteiger partial charge in [-0.25, -0.2) is 9.59 Å². The van der Waals surface area contributed by atoms with Gasteiger partial charge >= 0.3 is 11.9 Å². The quantitative estimate of drug-likeness (QED) is 0.0424. The van der Waals surface area contributed by atoms with Crippen molar-refractivity contribution in [3.63, 3.8) is 0 Å². The average molecular weight is 739 g/mol. The summed E-state index contributed by atoms with van der Waals surface area (Å²) in [5, 5.41) is 28.1. The lowest BCUT2D eigenvalue weighted by atomic mass is 9.85. The maximum Gasteiger partial charge on any atom is 0.333 e. The van der Waals surface area contributed by atoms with Gasteiger partial charge in [-0.3, -0.25) is 41.3 Å². The molecule has 4 aromatic rings. The van der Waals surface area contributed by atoms with E-state index in [1.54, 1.807) is 86.6 Å². The molecule has 4 unspecified atom stereocenters. The first-order valence-corrected chi connectivity index (χ1v) is 16.4. The second-order valence-corrected chi connectivity index (χ2v) is 12.6. The molecular weight excluding hydrogens is 700 g/mol. The first-order chi connectivity index (χ1) is 25.6. The highest BCUT2D eigenvalue weighted by atomic mass is 16.6. The zero-order valence-corrected chi connectivity index (χ0v) is 29.2. The number of nitro groups is 2. The molecular formula is C38H38N6O10. The van der Waals surface area contributed by atoms with Crippen LogP contribution in [0.5, 0.6) is 0 Å². The molecule has 0 radical (unpaired) electrons. The summed E-state index contributed by atoms with van der Waals surface area (Å²) in [4.78, 5) is 72.8. The summed E-state index contributed by atoms with van der Waals surface area (Å²) >= 11 is 0. The maximum absolute atomic E-state index is 13.1. The van der Waals surface area contributed by atoms with Gasteiger partial charge in [0, 0.05) is 36.4 Å². The van der Waals surface area contributed by atoms with Crippen LogP contribution in [0.15, 0.2) is 121 Å². The minimum absolute atomic E-state index is 0.115. The number of amides is 2. The second-order valence-electron chi connectivity index (χ2n) is 12.6. The Morgan fingerprint density at radius 1 is 0.630 bits per heavy atom. The summed E-state index contributed by atoms with van der Waals surface area (Å²) in [6.45, 7) is 3.36. The van der Waals surface area contributed by atoms with Gasteiger partial charge in [-0.1, -0.05) is 84.9 Å². The van der Waals surface area contributed by atoms with Crippen LogP contribution < -0.4 is 22.1 Å². The molecule has 2 amide bonds. The fourth-order valence-corrected chi connectivity index (χ4v) is 5.68. The van der Waals surface area contributed by atoms with Crippen molar-refractivity contribution in [1.29, 1.82) is 0 Å². The molecule has 6 N–H and O–H groups in total. The van der Waals surface area contributed by atoms with Crippen LogP contribution in [0.2, 0.25) is 0 Å². The van der Waals surface area contributed by atoms with E-state index >= 15 is 0 Å². The van der Waals surface area contributed by atoms with Crippen molar-refractivity contribution in [3.8, 4) is 0 Å². The monoisotopic (exact) mass is 738 g/mol. The van der Waals surface area contributed by atoms with Gasteiger partial charge in [-0.2, -0.15) is 0 Å². The fourth-order valence-electron chi connectivity index (χ4n) is 5.68. The van der Waals surface area contributed by atoms with E-state index in [0.717, 1.165) is 0 Å². The molecule has 16 heteroatoms. The highest BCUT2D eigenvalue weighted by Crippen LogP contribution is 2.29. The summed E-state index contributed by atoms with van der Waals surface area (Å²) in [7, 11) is 0. The van der Waals surface area contributed by atoms with Crippen LogP contribution in [-0.2, 0) is 52.6 Å². The van der Waals surface area contributed by atoms with Gasteiger partial charge in [-0.05, 0) is 48.9 Å². The molecule has 0 fully saturated rings. The minimum atomic E-state index is -1.83. The van der Waals surface area contributed by atoms with Gasteiger partial charge in [0.15, 0.2) is 0 Å². The van der Waals surface area contributed by atoms with Crippen LogP contribution in [0.1, 0.15) is 36.1 Å². The normalized spacial score (nSPS) is 14.4. The molecule has 0 spiro atoms. The number of rotatable bonds is 16. The van der Waals surface area contributed by atoms with Gasteiger partial charge < -0.3 is 20.1 Å². The van der Waals surface area contributed by atoms with E-state index in [1.165, 1.54) is 36.4 Å². The van der Waals surface area contributed by atoms with E-state index in [0.29, 0.717) is 34.4 Å². The van der Waals surface area contributed by atoms with Gasteiger partial charge in [-0.15, -0.1) is 0 Å². The number of nitrogens with two attached hydrogens (primary N) is 2. The van der Waals surface area contributed by atoms with Crippen molar-refractivity contribution in [2.75, 3.05) is 0 Å². The number of ether oxygens (including phenoxy) is 2. The number of nitrogens with zero attached hydrogens (tertiary/aromatic N) is 2. The number of carbonyl (C=O) groups excluding carboxylic acids is 4. The van der Waals surface area contributed by atoms with E-state index in [4.69, 9.17) is 20.9 Å². The van der Waals surface area contributed by atoms with E-state index in [1.807, 2.05) is 0 Å². The lowest BCUT2D eigenvalue weighted by Crippen LogP contribution is -2.52. The molecule has 280 valence electrons. The summed E-state index contributed by atoms with van der Waals surface area (Å²) in [6, 6.07) is 29.3. The van der Waals surface area contributed by atoms with Crippen molar-refractivity contribution in [2.24, 2.45) is 11.5 Å². The molecule has 0 aromatic heterocycles. The molecule has 4 rings (SSSR count). The fraction of sp³-hybridized carbons (Fsp3) is 0.211. The first-order valence-electron chi connectivity index (χ1n) is 16.4. The predicted octanol–water partition coefficient (Wildman–Crippen LogP) is 3.56. The zero-order valence-electron chi connectivity index (χ0n) is 29.2. The first kappa shape index (κ1) is 40.0. The second kappa shape index (κ2) is 17.6. The van der Waals surface area contributed by atoms with Crippen LogP contribution >= 0.6 is 0 Å². The predicted molar refractivity (Wildman–Crippen MR) is 195 cm³/mol. The Labute approximate surface area is 309 Å². The highest BCUT2D eigenvalue weighted by Gasteiger charge is 2.34. The standard InChI is InChI=1S/C38H38N6O10/c1-37(27-13-5-3-6-14-27,23-25-11-9-17-29(21-25)43(49)50)41-35(47)33(39)53-31(45)19-20-32(46)54-34(40)36(48)42-38(2,28-15-7-4-8-16-28)24-26-12-10-18-30(22-26)44(51)52/h3-22,33-34H,23-24,39-40H2,1-2H3,(H,41,47)(H,42,48)/b20-19-. The van der Waals surface area contributed by atoms with Crippen LogP contribution in [0.3, 0.4) is 0 Å². The molecule has 0 saturated heterocycles. The SMILES string of the molecule is CC(Cc1cccc([N+](=O)[O-])c1)(NC(=O)C(N)OC(=O)/C=C\C(=O)OC(N)C(=O)NC(C)(Cc1cccc([N+](=O)[O-])c1)c1ccccc1)c1ccccc1. The smallest absolute Gasteiger partial charge is 0.333 e. The number of esters is 2. The Morgan fingerprint density at radius 2 is 0.981 bits per heavy atom. The van der Waals surface area contributed by atoms with Gasteiger partial charge in [0.05, 0.1) is 20.9 Å². The third-order valence-electron chi connectivity index (χ3n) is 8.34. The molecule has 0 bridgehead atoms. The molecule has 4 atom stereocenters. The Hall–Kier alpha value is -6.78.